The van der Waals surface area contributed by atoms with Crippen LogP contribution in [0.5, 0.6) is 0 Å². The number of carbonyl (C=O) groups excluding carboxylic acids is 2. The summed E-state index contributed by atoms with van der Waals surface area (Å²) in [4.78, 5) is 34.9. The highest BCUT2D eigenvalue weighted by Gasteiger charge is 2.50. The molecule has 0 radical (unpaired) electrons. The van der Waals surface area contributed by atoms with Gasteiger partial charge in [-0.25, -0.2) is 4.39 Å². The lowest BCUT2D eigenvalue weighted by atomic mass is 9.95. The number of hydrogen-bond donors (Lipinski definition) is 2. The average Bonchev–Trinajstić information content (AvgIpc) is 3.59. The van der Waals surface area contributed by atoms with Crippen LogP contribution in [0.25, 0.3) is 11.1 Å². The van der Waals surface area contributed by atoms with E-state index >= 15 is 4.39 Å². The summed E-state index contributed by atoms with van der Waals surface area (Å²) in [6, 6.07) is 13.3. The van der Waals surface area contributed by atoms with Gasteiger partial charge in [0.1, 0.15) is 17.6 Å². The van der Waals surface area contributed by atoms with Crippen LogP contribution in [0.1, 0.15) is 92.6 Å². The standard InChI is InChI=1S/C33H43FN4O4/c34-28-21-24(12-13-27(28)31(39)36-16-18-37(19-17-36)32(40)33(41)14-15-33)23-8-7-9-25(20-23)29-22-30(35)42-38(29)26-10-5-3-1-2-4-6-11-26/h7-9,12-13,20-21,26,29-30,41H,1-6,10-11,14-19,22,35H2. The molecule has 4 aliphatic rings. The number of rotatable bonds is 5. The first-order valence-electron chi connectivity index (χ1n) is 15.7. The molecule has 42 heavy (non-hydrogen) atoms. The summed E-state index contributed by atoms with van der Waals surface area (Å²) in [5.41, 5.74) is 7.80. The van der Waals surface area contributed by atoms with Crippen molar-refractivity contribution >= 4 is 11.8 Å². The van der Waals surface area contributed by atoms with Crippen molar-refractivity contribution in [1.82, 2.24) is 14.9 Å². The van der Waals surface area contributed by atoms with E-state index in [4.69, 9.17) is 10.6 Å². The summed E-state index contributed by atoms with van der Waals surface area (Å²) in [5, 5.41) is 12.3. The molecule has 2 saturated heterocycles. The van der Waals surface area contributed by atoms with Gasteiger partial charge in [-0.1, -0.05) is 62.8 Å². The van der Waals surface area contributed by atoms with Crippen molar-refractivity contribution < 1.29 is 23.9 Å². The summed E-state index contributed by atoms with van der Waals surface area (Å²) in [5.74, 6) is -1.21. The molecule has 2 aromatic rings. The molecule has 2 aromatic carbocycles. The zero-order valence-electron chi connectivity index (χ0n) is 24.3. The first-order valence-corrected chi connectivity index (χ1v) is 15.7. The molecule has 2 aliphatic heterocycles. The molecule has 0 spiro atoms. The smallest absolute Gasteiger partial charge is 0.256 e. The summed E-state index contributed by atoms with van der Waals surface area (Å²) in [7, 11) is 0. The molecule has 3 N–H and O–H groups in total. The molecule has 2 atom stereocenters. The van der Waals surface area contributed by atoms with Gasteiger partial charge in [-0.05, 0) is 60.6 Å². The summed E-state index contributed by atoms with van der Waals surface area (Å²) in [6.07, 6.45) is 11.1. The van der Waals surface area contributed by atoms with Crippen LogP contribution in [0.4, 0.5) is 4.39 Å². The molecule has 8 nitrogen and oxygen atoms in total. The molecule has 2 aliphatic carbocycles. The lowest BCUT2D eigenvalue weighted by molar-refractivity contribution is -0.192. The van der Waals surface area contributed by atoms with Crippen LogP contribution in [0.3, 0.4) is 0 Å². The van der Waals surface area contributed by atoms with Crippen molar-refractivity contribution in [2.45, 2.75) is 94.5 Å². The maximum Gasteiger partial charge on any atom is 0.256 e. The molecule has 226 valence electrons. The van der Waals surface area contributed by atoms with E-state index in [0.717, 1.165) is 24.0 Å². The third-order valence-electron chi connectivity index (χ3n) is 9.48. The molecular weight excluding hydrogens is 535 g/mol. The zero-order valence-corrected chi connectivity index (χ0v) is 24.3. The number of nitrogens with two attached hydrogens (primary N) is 1. The third kappa shape index (κ3) is 6.25. The number of aliphatic hydroxyl groups is 1. The Morgan fingerprint density at radius 1 is 0.881 bits per heavy atom. The fraction of sp³-hybridized carbons (Fsp3) is 0.576. The summed E-state index contributed by atoms with van der Waals surface area (Å²) in [6.45, 7) is 1.30. The Kier molecular flexibility index (Phi) is 8.63. The van der Waals surface area contributed by atoms with Crippen LogP contribution in [0.15, 0.2) is 42.5 Å². The fourth-order valence-electron chi connectivity index (χ4n) is 6.79. The van der Waals surface area contributed by atoms with E-state index in [2.05, 4.69) is 17.2 Å². The van der Waals surface area contributed by atoms with E-state index in [1.807, 2.05) is 12.1 Å². The first kappa shape index (κ1) is 29.2. The van der Waals surface area contributed by atoms with Gasteiger partial charge in [-0.15, -0.1) is 0 Å². The number of hydroxylamine groups is 2. The summed E-state index contributed by atoms with van der Waals surface area (Å²) < 4.78 is 15.4. The number of piperazine rings is 1. The molecule has 9 heteroatoms. The van der Waals surface area contributed by atoms with E-state index in [0.29, 0.717) is 57.0 Å². The minimum Gasteiger partial charge on any atom is -0.380 e. The highest BCUT2D eigenvalue weighted by Crippen LogP contribution is 2.39. The van der Waals surface area contributed by atoms with Crippen LogP contribution in [0.2, 0.25) is 0 Å². The van der Waals surface area contributed by atoms with Gasteiger partial charge < -0.3 is 20.6 Å². The minimum atomic E-state index is -1.21. The lowest BCUT2D eigenvalue weighted by Gasteiger charge is -2.35. The normalized spacial score (nSPS) is 25.5. The summed E-state index contributed by atoms with van der Waals surface area (Å²) >= 11 is 0. The van der Waals surface area contributed by atoms with E-state index in [1.165, 1.54) is 44.6 Å². The molecular formula is C33H43FN4O4. The van der Waals surface area contributed by atoms with Gasteiger partial charge in [-0.3, -0.25) is 14.4 Å². The number of halogens is 1. The highest BCUT2D eigenvalue weighted by molar-refractivity contribution is 5.95. The second-order valence-electron chi connectivity index (χ2n) is 12.5. The minimum absolute atomic E-state index is 0.0250. The Bertz CT molecular complexity index is 1280. The van der Waals surface area contributed by atoms with E-state index < -0.39 is 11.4 Å². The van der Waals surface area contributed by atoms with Crippen LogP contribution in [0, 0.1) is 5.82 Å². The Balaban J connectivity index is 1.14. The van der Waals surface area contributed by atoms with Crippen molar-refractivity contribution in [3.8, 4) is 11.1 Å². The van der Waals surface area contributed by atoms with Crippen LogP contribution < -0.4 is 5.73 Å². The molecule has 0 aromatic heterocycles. The zero-order chi connectivity index (χ0) is 29.3. The van der Waals surface area contributed by atoms with Gasteiger partial charge in [0.15, 0.2) is 0 Å². The number of hydrogen-bond acceptors (Lipinski definition) is 6. The quantitative estimate of drug-likeness (QED) is 0.531. The molecule has 6 rings (SSSR count). The van der Waals surface area contributed by atoms with E-state index in [-0.39, 0.29) is 29.6 Å². The second kappa shape index (κ2) is 12.4. The largest absolute Gasteiger partial charge is 0.380 e. The SMILES string of the molecule is NC1CC(c2cccc(-c3ccc(C(=O)N4CCN(C(=O)C5(O)CC5)CC4)c(F)c3)c2)N(C2CCCCCCCC2)O1. The van der Waals surface area contributed by atoms with Gasteiger partial charge in [0.05, 0.1) is 11.6 Å². The number of benzene rings is 2. The fourth-order valence-corrected chi connectivity index (χ4v) is 6.79. The van der Waals surface area contributed by atoms with Gasteiger partial charge in [-0.2, -0.15) is 5.06 Å². The third-order valence-corrected chi connectivity index (χ3v) is 9.48. The van der Waals surface area contributed by atoms with Crippen LogP contribution >= 0.6 is 0 Å². The number of carbonyl (C=O) groups is 2. The highest BCUT2D eigenvalue weighted by atomic mass is 19.1. The molecule has 0 bridgehead atoms. The molecule has 2 amide bonds. The monoisotopic (exact) mass is 578 g/mol. The first-order chi connectivity index (χ1) is 20.3. The lowest BCUT2D eigenvalue weighted by Crippen LogP contribution is -2.53. The topological polar surface area (TPSA) is 99.3 Å². The molecule has 2 heterocycles. The van der Waals surface area contributed by atoms with Crippen molar-refractivity contribution in [3.05, 3.63) is 59.4 Å². The van der Waals surface area contributed by atoms with Crippen molar-refractivity contribution in [2.24, 2.45) is 5.73 Å². The Morgan fingerprint density at radius 2 is 1.52 bits per heavy atom. The second-order valence-corrected chi connectivity index (χ2v) is 12.5. The Labute approximate surface area is 247 Å². The van der Waals surface area contributed by atoms with Crippen molar-refractivity contribution in [2.75, 3.05) is 26.2 Å². The van der Waals surface area contributed by atoms with Crippen LogP contribution in [-0.2, 0) is 9.63 Å². The maximum absolute atomic E-state index is 15.4. The van der Waals surface area contributed by atoms with Gasteiger partial charge in [0.2, 0.25) is 0 Å². The average molecular weight is 579 g/mol. The van der Waals surface area contributed by atoms with Gasteiger partial charge in [0.25, 0.3) is 11.8 Å². The Morgan fingerprint density at radius 3 is 2.19 bits per heavy atom. The predicted octanol–water partition coefficient (Wildman–Crippen LogP) is 4.77. The van der Waals surface area contributed by atoms with E-state index in [1.54, 1.807) is 21.9 Å². The predicted molar refractivity (Wildman–Crippen MR) is 157 cm³/mol. The maximum atomic E-state index is 15.4. The van der Waals surface area contributed by atoms with Crippen molar-refractivity contribution in [1.29, 1.82) is 0 Å². The van der Waals surface area contributed by atoms with Crippen molar-refractivity contribution in [3.63, 3.8) is 0 Å². The number of nitrogens with zero attached hydrogens (tertiary/aromatic N) is 3. The van der Waals surface area contributed by atoms with Gasteiger partial charge in [0, 0.05) is 38.6 Å². The van der Waals surface area contributed by atoms with Gasteiger partial charge >= 0.3 is 0 Å². The Hall–Kier alpha value is -2.85. The van der Waals surface area contributed by atoms with E-state index in [9.17, 15) is 14.7 Å². The van der Waals surface area contributed by atoms with Crippen LogP contribution in [-0.4, -0.2) is 75.8 Å². The molecule has 2 saturated carbocycles. The molecule has 2 unspecified atom stereocenters. The molecule has 4 fully saturated rings. The number of amides is 2.